The van der Waals surface area contributed by atoms with E-state index in [1.807, 2.05) is 55.4 Å². The molecule has 0 aromatic heterocycles. The first-order valence-corrected chi connectivity index (χ1v) is 13.9. The monoisotopic (exact) mass is 422 g/mol. The van der Waals surface area contributed by atoms with E-state index in [1.165, 1.54) is 57.8 Å². The van der Waals surface area contributed by atoms with Gasteiger partial charge in [0.2, 0.25) is 0 Å². The zero-order valence-electron chi connectivity index (χ0n) is 22.6. The quantitative estimate of drug-likeness (QED) is 0.417. The zero-order valence-corrected chi connectivity index (χ0v) is 22.6. The van der Waals surface area contributed by atoms with E-state index < -0.39 is 0 Å². The fourth-order valence-corrected chi connectivity index (χ4v) is 7.44. The molecule has 4 aliphatic rings. The van der Waals surface area contributed by atoms with E-state index in [-0.39, 0.29) is 0 Å². The molecule has 0 bridgehead atoms. The average molecular weight is 423 g/mol. The average Bonchev–Trinajstić information content (AvgIpc) is 3.20. The Labute approximate surface area is 191 Å². The first-order chi connectivity index (χ1) is 14.7. The summed E-state index contributed by atoms with van der Waals surface area (Å²) in [6, 6.07) is 0. The van der Waals surface area contributed by atoms with Crippen molar-refractivity contribution in [2.24, 2.45) is 40.9 Å². The van der Waals surface area contributed by atoms with Crippen LogP contribution < -0.4 is 0 Å². The molecule has 0 heterocycles. The largest absolute Gasteiger partial charge is 0.396 e. The zero-order chi connectivity index (χ0) is 23.3. The lowest BCUT2D eigenvalue weighted by atomic mass is 9.50. The third kappa shape index (κ3) is 6.14. The van der Waals surface area contributed by atoms with E-state index in [9.17, 15) is 5.11 Å². The van der Waals surface area contributed by atoms with Crippen molar-refractivity contribution in [1.29, 1.82) is 0 Å². The highest BCUT2D eigenvalue weighted by atomic mass is 16.3. The van der Waals surface area contributed by atoms with Crippen LogP contribution in [-0.4, -0.2) is 11.7 Å². The molecule has 30 heavy (non-hydrogen) atoms. The molecule has 0 aromatic rings. The van der Waals surface area contributed by atoms with Crippen molar-refractivity contribution in [2.75, 3.05) is 6.61 Å². The molecule has 0 radical (unpaired) electrons. The van der Waals surface area contributed by atoms with E-state index in [2.05, 4.69) is 19.9 Å². The van der Waals surface area contributed by atoms with Gasteiger partial charge in [-0.25, -0.2) is 0 Å². The van der Waals surface area contributed by atoms with Crippen molar-refractivity contribution in [1.82, 2.24) is 0 Å². The lowest BCUT2D eigenvalue weighted by molar-refractivity contribution is -0.0521. The predicted octanol–water partition coefficient (Wildman–Crippen LogP) is 9.30. The van der Waals surface area contributed by atoms with Gasteiger partial charge in [-0.3, -0.25) is 0 Å². The Kier molecular flexibility index (Phi) is 15.3. The van der Waals surface area contributed by atoms with Crippen molar-refractivity contribution >= 4 is 0 Å². The first kappa shape index (κ1) is 29.7. The van der Waals surface area contributed by atoms with Crippen molar-refractivity contribution in [3.63, 3.8) is 0 Å². The third-order valence-corrected chi connectivity index (χ3v) is 8.52. The fourth-order valence-electron chi connectivity index (χ4n) is 7.44. The second kappa shape index (κ2) is 15.5. The van der Waals surface area contributed by atoms with E-state index in [0.717, 1.165) is 29.6 Å². The summed E-state index contributed by atoms with van der Waals surface area (Å²) in [6.45, 7) is 21.3. The minimum atomic E-state index is 0.433. The Hall–Kier alpha value is -0.300. The Bertz CT molecular complexity index is 453. The molecule has 0 spiro atoms. The number of aliphatic hydroxyl groups excluding tert-OH is 1. The Morgan fingerprint density at radius 2 is 1.40 bits per heavy atom. The maximum Gasteiger partial charge on any atom is 0.0459 e. The van der Waals surface area contributed by atoms with E-state index >= 15 is 0 Å². The normalized spacial score (nSPS) is 39.6. The molecule has 1 heteroatoms. The Morgan fingerprint density at radius 1 is 0.800 bits per heavy atom. The molecule has 1 N–H and O–H groups in total. The van der Waals surface area contributed by atoms with Gasteiger partial charge in [0, 0.05) is 6.61 Å². The van der Waals surface area contributed by atoms with Crippen LogP contribution in [0.2, 0.25) is 0 Å². The summed E-state index contributed by atoms with van der Waals surface area (Å²) < 4.78 is 0. The van der Waals surface area contributed by atoms with Crippen molar-refractivity contribution in [3.05, 3.63) is 11.6 Å². The topological polar surface area (TPSA) is 20.2 Å². The van der Waals surface area contributed by atoms with Crippen LogP contribution >= 0.6 is 0 Å². The van der Waals surface area contributed by atoms with E-state index in [1.54, 1.807) is 5.57 Å². The van der Waals surface area contributed by atoms with Gasteiger partial charge >= 0.3 is 0 Å². The predicted molar refractivity (Wildman–Crippen MR) is 137 cm³/mol. The number of rotatable bonds is 1. The molecular weight excluding hydrogens is 364 g/mol. The van der Waals surface area contributed by atoms with Crippen LogP contribution in [0.1, 0.15) is 127 Å². The summed E-state index contributed by atoms with van der Waals surface area (Å²) in [7, 11) is 0. The van der Waals surface area contributed by atoms with Crippen LogP contribution in [0.15, 0.2) is 11.6 Å². The van der Waals surface area contributed by atoms with Crippen LogP contribution in [0.5, 0.6) is 0 Å². The summed E-state index contributed by atoms with van der Waals surface area (Å²) in [5.41, 5.74) is 2.33. The second-order valence-corrected chi connectivity index (χ2v) is 9.11. The minimum Gasteiger partial charge on any atom is -0.396 e. The van der Waals surface area contributed by atoms with E-state index in [4.69, 9.17) is 0 Å². The second-order valence-electron chi connectivity index (χ2n) is 9.11. The molecule has 0 aliphatic heterocycles. The number of aliphatic hydroxyl groups is 1. The van der Waals surface area contributed by atoms with Crippen molar-refractivity contribution in [3.8, 4) is 0 Å². The summed E-state index contributed by atoms with van der Waals surface area (Å²) >= 11 is 0. The Morgan fingerprint density at radius 3 is 1.97 bits per heavy atom. The van der Waals surface area contributed by atoms with Crippen molar-refractivity contribution < 1.29 is 5.11 Å². The minimum absolute atomic E-state index is 0.433. The summed E-state index contributed by atoms with van der Waals surface area (Å²) in [6.07, 6.45) is 15.2. The molecule has 7 unspecified atom stereocenters. The molecule has 4 rings (SSSR count). The molecular formula is C29H58O. The molecule has 4 saturated carbocycles. The molecule has 0 aromatic carbocycles. The van der Waals surface area contributed by atoms with Crippen LogP contribution in [0.4, 0.5) is 0 Å². The standard InChI is InChI=1S/C21H34O.4C2H6/c1-3-16-6-9-20-19-8-5-15-12-14(13-22)4-7-17(15)18(19)10-11-21(16,20)2;4*1-2/h3,14-15,17-20,22H,4-13H2,1-2H3;4*1-2H3/b16-3-;;;;. The maximum atomic E-state index is 9.52. The number of hydrogen-bond acceptors (Lipinski definition) is 1. The van der Waals surface area contributed by atoms with Gasteiger partial charge in [-0.2, -0.15) is 0 Å². The summed E-state index contributed by atoms with van der Waals surface area (Å²) in [5.74, 6) is 5.58. The molecule has 1 nitrogen and oxygen atoms in total. The Balaban J connectivity index is 0.000000948. The number of allylic oxidation sites excluding steroid dienone is 2. The van der Waals surface area contributed by atoms with Gasteiger partial charge in [-0.1, -0.05) is 74.0 Å². The van der Waals surface area contributed by atoms with Crippen LogP contribution in [-0.2, 0) is 0 Å². The summed E-state index contributed by atoms with van der Waals surface area (Å²) in [4.78, 5) is 0. The van der Waals surface area contributed by atoms with Gasteiger partial charge in [-0.05, 0) is 106 Å². The molecule has 4 fully saturated rings. The van der Waals surface area contributed by atoms with Crippen LogP contribution in [0.25, 0.3) is 0 Å². The molecule has 0 saturated heterocycles. The molecule has 7 atom stereocenters. The van der Waals surface area contributed by atoms with Gasteiger partial charge in [0.25, 0.3) is 0 Å². The summed E-state index contributed by atoms with van der Waals surface area (Å²) in [5, 5.41) is 9.52. The lowest BCUT2D eigenvalue weighted by Gasteiger charge is -2.55. The van der Waals surface area contributed by atoms with Gasteiger partial charge in [0.1, 0.15) is 0 Å². The highest BCUT2D eigenvalue weighted by Gasteiger charge is 2.54. The lowest BCUT2D eigenvalue weighted by Crippen LogP contribution is -2.47. The third-order valence-electron chi connectivity index (χ3n) is 8.52. The molecule has 180 valence electrons. The van der Waals surface area contributed by atoms with Gasteiger partial charge < -0.3 is 5.11 Å². The van der Waals surface area contributed by atoms with Crippen molar-refractivity contribution in [2.45, 2.75) is 127 Å². The van der Waals surface area contributed by atoms with Crippen LogP contribution in [0, 0.1) is 40.9 Å². The van der Waals surface area contributed by atoms with Gasteiger partial charge in [-0.15, -0.1) is 0 Å². The maximum absolute atomic E-state index is 9.52. The highest BCUT2D eigenvalue weighted by Crippen LogP contribution is 2.64. The first-order valence-electron chi connectivity index (χ1n) is 13.9. The SMILES string of the molecule is C/C=C1/CCC2C3CCC4CC(CO)CCC4C3CCC12C.CC.CC.CC.CC. The smallest absolute Gasteiger partial charge is 0.0459 e. The number of hydrogen-bond donors (Lipinski definition) is 1. The highest BCUT2D eigenvalue weighted by molar-refractivity contribution is 5.23. The number of fused-ring (bicyclic) bond motifs is 5. The fraction of sp³-hybridized carbons (Fsp3) is 0.931. The van der Waals surface area contributed by atoms with Crippen LogP contribution in [0.3, 0.4) is 0 Å². The van der Waals surface area contributed by atoms with E-state index in [0.29, 0.717) is 17.9 Å². The molecule has 0 amide bonds. The molecule has 4 aliphatic carbocycles. The van der Waals surface area contributed by atoms with Gasteiger partial charge in [0.05, 0.1) is 0 Å². The van der Waals surface area contributed by atoms with Gasteiger partial charge in [0.15, 0.2) is 0 Å².